The summed E-state index contributed by atoms with van der Waals surface area (Å²) in [5, 5.41) is 8.82. The molecule has 90 valence electrons. The normalized spacial score (nSPS) is 26.3. The van der Waals surface area contributed by atoms with Gasteiger partial charge in [-0.1, -0.05) is 20.8 Å². The van der Waals surface area contributed by atoms with Gasteiger partial charge in [-0.3, -0.25) is 4.79 Å². The van der Waals surface area contributed by atoms with E-state index in [0.29, 0.717) is 12.3 Å². The molecule has 0 saturated carbocycles. The summed E-state index contributed by atoms with van der Waals surface area (Å²) >= 11 is 0. The van der Waals surface area contributed by atoms with Crippen LogP contribution in [-0.2, 0) is 4.79 Å². The first-order valence-corrected chi connectivity index (χ1v) is 6.00. The lowest BCUT2D eigenvalue weighted by atomic mass is 9.73. The van der Waals surface area contributed by atoms with Crippen molar-refractivity contribution in [2.24, 2.45) is 11.3 Å². The van der Waals surface area contributed by atoms with Gasteiger partial charge in [-0.05, 0) is 24.2 Å². The summed E-state index contributed by atoms with van der Waals surface area (Å²) in [5.74, 6) is 0.717. The zero-order valence-corrected chi connectivity index (χ0v) is 10.8. The number of likely N-dealkylation sites (tertiary alicyclic amines) is 1. The highest BCUT2D eigenvalue weighted by Gasteiger charge is 2.35. The van der Waals surface area contributed by atoms with Gasteiger partial charge < -0.3 is 4.90 Å². The van der Waals surface area contributed by atoms with E-state index >= 15 is 0 Å². The lowest BCUT2D eigenvalue weighted by Crippen LogP contribution is -2.47. The molecular weight excluding hydrogens is 200 g/mol. The van der Waals surface area contributed by atoms with Gasteiger partial charge in [0.15, 0.2) is 0 Å². The van der Waals surface area contributed by atoms with Gasteiger partial charge in [0.2, 0.25) is 5.91 Å². The predicted molar refractivity (Wildman–Crippen MR) is 63.6 cm³/mol. The molecule has 16 heavy (non-hydrogen) atoms. The van der Waals surface area contributed by atoms with E-state index in [1.165, 1.54) is 0 Å². The molecule has 1 fully saturated rings. The molecule has 1 amide bonds. The minimum absolute atomic E-state index is 0.104. The second-order valence-electron chi connectivity index (χ2n) is 5.82. The second-order valence-corrected chi connectivity index (χ2v) is 5.82. The first kappa shape index (κ1) is 13.0. The smallest absolute Gasteiger partial charge is 0.219 e. The Bertz CT molecular complexity index is 298. The Morgan fingerprint density at radius 1 is 1.50 bits per heavy atom. The Kier molecular flexibility index (Phi) is 3.96. The van der Waals surface area contributed by atoms with E-state index in [2.05, 4.69) is 26.8 Å². The fraction of sp³-hybridized carbons (Fsp3) is 0.846. The number of amides is 1. The molecule has 1 saturated heterocycles. The van der Waals surface area contributed by atoms with E-state index in [1.807, 2.05) is 4.90 Å². The molecule has 0 bridgehead atoms. The van der Waals surface area contributed by atoms with Crippen LogP contribution in [0.5, 0.6) is 0 Å². The maximum atomic E-state index is 11.5. The van der Waals surface area contributed by atoms with E-state index < -0.39 is 0 Å². The van der Waals surface area contributed by atoms with Crippen molar-refractivity contribution in [3.8, 4) is 6.07 Å². The average Bonchev–Trinajstić information content (AvgIpc) is 2.16. The van der Waals surface area contributed by atoms with E-state index in [4.69, 9.17) is 5.26 Å². The lowest BCUT2D eigenvalue weighted by Gasteiger charge is -2.43. The highest BCUT2D eigenvalue weighted by atomic mass is 16.2. The summed E-state index contributed by atoms with van der Waals surface area (Å²) in [6.45, 7) is 9.13. The van der Waals surface area contributed by atoms with Crippen molar-refractivity contribution in [2.45, 2.75) is 53.0 Å². The van der Waals surface area contributed by atoms with Gasteiger partial charge >= 0.3 is 0 Å². The lowest BCUT2D eigenvalue weighted by molar-refractivity contribution is -0.133. The van der Waals surface area contributed by atoms with Crippen molar-refractivity contribution in [1.82, 2.24) is 4.90 Å². The first-order valence-electron chi connectivity index (χ1n) is 6.00. The zero-order valence-electron chi connectivity index (χ0n) is 10.8. The first-order chi connectivity index (χ1) is 7.36. The molecule has 3 nitrogen and oxygen atoms in total. The molecule has 2 unspecified atom stereocenters. The minimum Gasteiger partial charge on any atom is -0.339 e. The fourth-order valence-corrected chi connectivity index (χ4v) is 2.55. The van der Waals surface area contributed by atoms with Crippen LogP contribution in [0.4, 0.5) is 0 Å². The van der Waals surface area contributed by atoms with Crippen LogP contribution in [0.15, 0.2) is 0 Å². The van der Waals surface area contributed by atoms with Crippen molar-refractivity contribution < 1.29 is 4.79 Å². The molecular formula is C13H22N2O. The number of rotatable bonds is 1. The summed E-state index contributed by atoms with van der Waals surface area (Å²) in [5.41, 5.74) is 0.274. The Labute approximate surface area is 98.4 Å². The molecule has 0 aromatic heterocycles. The van der Waals surface area contributed by atoms with Crippen molar-refractivity contribution in [3.63, 3.8) is 0 Å². The van der Waals surface area contributed by atoms with Crippen molar-refractivity contribution in [1.29, 1.82) is 5.26 Å². The van der Waals surface area contributed by atoms with Crippen LogP contribution in [0.2, 0.25) is 0 Å². The number of hydrogen-bond acceptors (Lipinski definition) is 2. The number of piperidine rings is 1. The third kappa shape index (κ3) is 2.98. The van der Waals surface area contributed by atoms with E-state index in [-0.39, 0.29) is 17.4 Å². The van der Waals surface area contributed by atoms with Crippen molar-refractivity contribution in [2.75, 3.05) is 6.54 Å². The minimum atomic E-state index is 0.104. The summed E-state index contributed by atoms with van der Waals surface area (Å²) in [6.07, 6.45) is 2.49. The molecule has 1 rings (SSSR count). The molecule has 0 aliphatic carbocycles. The number of carbonyl (C=O) groups is 1. The Hall–Kier alpha value is -1.04. The molecule has 1 heterocycles. The maximum absolute atomic E-state index is 11.5. The molecule has 0 spiro atoms. The molecule has 0 aromatic rings. The average molecular weight is 222 g/mol. The van der Waals surface area contributed by atoms with Gasteiger partial charge in [-0.25, -0.2) is 0 Å². The van der Waals surface area contributed by atoms with E-state index in [1.54, 1.807) is 6.92 Å². The van der Waals surface area contributed by atoms with Crippen molar-refractivity contribution >= 4 is 5.91 Å². The largest absolute Gasteiger partial charge is 0.339 e. The standard InChI is InChI=1S/C13H22N2O/c1-10(16)15-8-6-11(13(2,3)4)9-12(15)5-7-14/h11-12H,5-6,8-9H2,1-4H3. The monoisotopic (exact) mass is 222 g/mol. The molecule has 3 heteroatoms. The van der Waals surface area contributed by atoms with Crippen LogP contribution in [0.1, 0.15) is 47.0 Å². The van der Waals surface area contributed by atoms with Gasteiger partial charge in [0.1, 0.15) is 0 Å². The summed E-state index contributed by atoms with van der Waals surface area (Å²) < 4.78 is 0. The Morgan fingerprint density at radius 2 is 2.12 bits per heavy atom. The SMILES string of the molecule is CC(=O)N1CCC(C(C)(C)C)CC1CC#N. The van der Waals surface area contributed by atoms with Crippen LogP contribution in [-0.4, -0.2) is 23.4 Å². The number of carbonyl (C=O) groups excluding carboxylic acids is 1. The number of nitriles is 1. The van der Waals surface area contributed by atoms with Crippen LogP contribution in [0.25, 0.3) is 0 Å². The van der Waals surface area contributed by atoms with Gasteiger partial charge in [0, 0.05) is 19.5 Å². The van der Waals surface area contributed by atoms with Gasteiger partial charge in [-0.15, -0.1) is 0 Å². The highest BCUT2D eigenvalue weighted by Crippen LogP contribution is 2.37. The topological polar surface area (TPSA) is 44.1 Å². The number of hydrogen-bond donors (Lipinski definition) is 0. The van der Waals surface area contributed by atoms with Crippen LogP contribution >= 0.6 is 0 Å². The van der Waals surface area contributed by atoms with E-state index in [0.717, 1.165) is 19.4 Å². The van der Waals surface area contributed by atoms with Gasteiger partial charge in [0.05, 0.1) is 12.5 Å². The third-order valence-electron chi connectivity index (χ3n) is 3.67. The Morgan fingerprint density at radius 3 is 2.56 bits per heavy atom. The van der Waals surface area contributed by atoms with Gasteiger partial charge in [0.25, 0.3) is 0 Å². The summed E-state index contributed by atoms with van der Waals surface area (Å²) in [7, 11) is 0. The third-order valence-corrected chi connectivity index (χ3v) is 3.67. The van der Waals surface area contributed by atoms with E-state index in [9.17, 15) is 4.79 Å². The zero-order chi connectivity index (χ0) is 12.3. The quantitative estimate of drug-likeness (QED) is 0.684. The van der Waals surface area contributed by atoms with Crippen LogP contribution in [0.3, 0.4) is 0 Å². The molecule has 0 N–H and O–H groups in total. The number of nitrogens with zero attached hydrogens (tertiary/aromatic N) is 2. The predicted octanol–water partition coefficient (Wildman–Crippen LogP) is 2.57. The summed E-state index contributed by atoms with van der Waals surface area (Å²) in [4.78, 5) is 13.3. The molecule has 1 aliphatic rings. The maximum Gasteiger partial charge on any atom is 0.219 e. The Balaban J connectivity index is 2.73. The summed E-state index contributed by atoms with van der Waals surface area (Å²) in [6, 6.07) is 2.33. The van der Waals surface area contributed by atoms with Crippen LogP contribution < -0.4 is 0 Å². The molecule has 1 aliphatic heterocycles. The molecule has 0 radical (unpaired) electrons. The van der Waals surface area contributed by atoms with Crippen LogP contribution in [0, 0.1) is 22.7 Å². The molecule has 0 aromatic carbocycles. The van der Waals surface area contributed by atoms with Gasteiger partial charge in [-0.2, -0.15) is 5.26 Å². The second kappa shape index (κ2) is 4.86. The molecule has 2 atom stereocenters. The fourth-order valence-electron chi connectivity index (χ4n) is 2.55. The van der Waals surface area contributed by atoms with Crippen molar-refractivity contribution in [3.05, 3.63) is 0 Å². The highest BCUT2D eigenvalue weighted by molar-refractivity contribution is 5.73.